The number of carbonyl (C=O) groups is 3. The maximum atomic E-state index is 12.5. The van der Waals surface area contributed by atoms with Crippen molar-refractivity contribution in [3.8, 4) is 0 Å². The van der Waals surface area contributed by atoms with Gasteiger partial charge in [-0.3, -0.25) is 9.59 Å². The first kappa shape index (κ1) is 28.3. The quantitative estimate of drug-likeness (QED) is 0.282. The lowest BCUT2D eigenvalue weighted by Crippen LogP contribution is -2.64. The molecule has 210 valence electrons. The fourth-order valence-electron chi connectivity index (χ4n) is 9.44. The Morgan fingerprint density at radius 3 is 2.24 bits per heavy atom. The molecule has 0 unspecified atom stereocenters. The summed E-state index contributed by atoms with van der Waals surface area (Å²) in [5.41, 5.74) is 5.04. The maximum absolute atomic E-state index is 12.5. The summed E-state index contributed by atoms with van der Waals surface area (Å²) in [5.74, 6) is -1.25. The van der Waals surface area contributed by atoms with Crippen molar-refractivity contribution in [2.24, 2.45) is 52.1 Å². The zero-order chi connectivity index (χ0) is 27.3. The first-order valence-electron chi connectivity index (χ1n) is 14.1. The SMILES string of the molecule is C[C@H](CCC(=O)N[C@@H](CC(N)=O)C(=O)O)[C@H]1CC[C@H]2[C@@H]3[C@H](O)[C@H](O)[C@@H]4C[C@H](O)CC[C@]4(C)[C@H]3CC[C@]12C. The van der Waals surface area contributed by atoms with Gasteiger partial charge in [-0.05, 0) is 97.7 Å². The average Bonchev–Trinajstić information content (AvgIpc) is 3.18. The van der Waals surface area contributed by atoms with Crippen molar-refractivity contribution in [2.45, 2.75) is 109 Å². The van der Waals surface area contributed by atoms with Gasteiger partial charge in [-0.25, -0.2) is 4.79 Å². The Hall–Kier alpha value is -1.71. The molecule has 0 heterocycles. The molecule has 0 aromatic rings. The van der Waals surface area contributed by atoms with E-state index >= 15 is 0 Å². The minimum absolute atomic E-state index is 0.00467. The molecule has 0 radical (unpaired) electrons. The van der Waals surface area contributed by atoms with Crippen LogP contribution in [0.4, 0.5) is 0 Å². The van der Waals surface area contributed by atoms with Crippen molar-refractivity contribution in [1.29, 1.82) is 0 Å². The third-order valence-electron chi connectivity index (χ3n) is 11.4. The molecule has 37 heavy (non-hydrogen) atoms. The number of hydrogen-bond donors (Lipinski definition) is 6. The standard InChI is InChI=1S/C28H46N2O7/c1-14(4-7-22(33)30-20(26(36)37)13-21(29)32)16-5-6-17-23-18(9-11-27(16,17)2)28(3)10-8-15(31)12-19(28)24(34)25(23)35/h14-20,23-25,31,34-35H,4-13H2,1-3H3,(H2,29,32)(H,30,33)(H,36,37)/t14-,15-,16-,17+,18+,19+,20+,23+,24-,25+,27-,28-/m1/s1. The van der Waals surface area contributed by atoms with Crippen LogP contribution < -0.4 is 11.1 Å². The van der Waals surface area contributed by atoms with Crippen LogP contribution in [0, 0.1) is 46.3 Å². The molecule has 0 spiro atoms. The lowest BCUT2D eigenvalue weighted by molar-refractivity contribution is -0.223. The number of carboxylic acids is 1. The van der Waals surface area contributed by atoms with Gasteiger partial charge < -0.3 is 31.5 Å². The number of hydrogen-bond acceptors (Lipinski definition) is 6. The number of carbonyl (C=O) groups excluding carboxylic acids is 2. The lowest BCUT2D eigenvalue weighted by atomic mass is 9.43. The van der Waals surface area contributed by atoms with E-state index in [0.717, 1.165) is 38.5 Å². The van der Waals surface area contributed by atoms with Gasteiger partial charge in [-0.15, -0.1) is 0 Å². The second-order valence-corrected chi connectivity index (χ2v) is 13.2. The monoisotopic (exact) mass is 522 g/mol. The van der Waals surface area contributed by atoms with Crippen LogP contribution in [0.15, 0.2) is 0 Å². The van der Waals surface area contributed by atoms with Crippen LogP contribution in [0.3, 0.4) is 0 Å². The number of aliphatic hydroxyl groups excluding tert-OH is 3. The second-order valence-electron chi connectivity index (χ2n) is 13.2. The Kier molecular flexibility index (Phi) is 8.00. The predicted molar refractivity (Wildman–Crippen MR) is 136 cm³/mol. The summed E-state index contributed by atoms with van der Waals surface area (Å²) >= 11 is 0. The summed E-state index contributed by atoms with van der Waals surface area (Å²) in [6.07, 6.45) is 4.60. The molecule has 4 saturated carbocycles. The molecule has 4 fully saturated rings. The predicted octanol–water partition coefficient (Wildman–Crippen LogP) is 1.81. The van der Waals surface area contributed by atoms with E-state index in [1.165, 1.54) is 0 Å². The van der Waals surface area contributed by atoms with Crippen molar-refractivity contribution < 1.29 is 34.8 Å². The van der Waals surface area contributed by atoms with Gasteiger partial charge in [0.25, 0.3) is 0 Å². The van der Waals surface area contributed by atoms with Gasteiger partial charge in [0, 0.05) is 6.42 Å². The number of carboxylic acid groups (broad SMARTS) is 1. The highest BCUT2D eigenvalue weighted by Crippen LogP contribution is 2.68. The van der Waals surface area contributed by atoms with Gasteiger partial charge in [0.2, 0.25) is 11.8 Å². The van der Waals surface area contributed by atoms with E-state index in [9.17, 15) is 34.8 Å². The third kappa shape index (κ3) is 5.03. The molecule has 9 heteroatoms. The minimum atomic E-state index is -1.31. The zero-order valence-corrected chi connectivity index (χ0v) is 22.4. The van der Waals surface area contributed by atoms with E-state index in [1.54, 1.807) is 0 Å². The van der Waals surface area contributed by atoms with E-state index in [1.807, 2.05) is 0 Å². The molecule has 4 aliphatic carbocycles. The lowest BCUT2D eigenvalue weighted by Gasteiger charge is -2.63. The zero-order valence-electron chi connectivity index (χ0n) is 22.4. The first-order valence-corrected chi connectivity index (χ1v) is 14.1. The molecule has 0 aromatic carbocycles. The molecule has 0 aromatic heterocycles. The van der Waals surface area contributed by atoms with E-state index in [2.05, 4.69) is 26.1 Å². The highest BCUT2D eigenvalue weighted by molar-refractivity contribution is 5.88. The van der Waals surface area contributed by atoms with Gasteiger partial charge in [0.1, 0.15) is 6.04 Å². The second kappa shape index (κ2) is 10.5. The van der Waals surface area contributed by atoms with Gasteiger partial charge in [-0.2, -0.15) is 0 Å². The summed E-state index contributed by atoms with van der Waals surface area (Å²) in [6, 6.07) is -1.31. The summed E-state index contributed by atoms with van der Waals surface area (Å²) in [5, 5.41) is 44.6. The smallest absolute Gasteiger partial charge is 0.326 e. The minimum Gasteiger partial charge on any atom is -0.480 e. The van der Waals surface area contributed by atoms with Crippen LogP contribution in [0.5, 0.6) is 0 Å². The van der Waals surface area contributed by atoms with E-state index in [4.69, 9.17) is 5.73 Å². The van der Waals surface area contributed by atoms with Crippen LogP contribution in [0.1, 0.15) is 85.0 Å². The van der Waals surface area contributed by atoms with Crippen LogP contribution in [0.2, 0.25) is 0 Å². The average molecular weight is 523 g/mol. The summed E-state index contributed by atoms with van der Waals surface area (Å²) in [4.78, 5) is 34.9. The van der Waals surface area contributed by atoms with Crippen molar-refractivity contribution in [1.82, 2.24) is 5.32 Å². The molecule has 2 amide bonds. The summed E-state index contributed by atoms with van der Waals surface area (Å²) < 4.78 is 0. The van der Waals surface area contributed by atoms with Gasteiger partial charge >= 0.3 is 5.97 Å². The Balaban J connectivity index is 1.43. The molecule has 4 rings (SSSR count). The van der Waals surface area contributed by atoms with Crippen LogP contribution >= 0.6 is 0 Å². The number of primary amides is 1. The summed E-state index contributed by atoms with van der Waals surface area (Å²) in [6.45, 7) is 6.75. The van der Waals surface area contributed by atoms with Crippen molar-refractivity contribution in [3.63, 3.8) is 0 Å². The van der Waals surface area contributed by atoms with E-state index < -0.39 is 48.6 Å². The number of amides is 2. The van der Waals surface area contributed by atoms with E-state index in [-0.39, 0.29) is 35.0 Å². The third-order valence-corrected chi connectivity index (χ3v) is 11.4. The number of nitrogens with two attached hydrogens (primary N) is 1. The number of fused-ring (bicyclic) bond motifs is 5. The number of aliphatic hydroxyl groups is 3. The highest BCUT2D eigenvalue weighted by Gasteiger charge is 2.65. The number of nitrogens with one attached hydrogen (secondary N) is 1. The van der Waals surface area contributed by atoms with Crippen LogP contribution in [0.25, 0.3) is 0 Å². The highest BCUT2D eigenvalue weighted by atomic mass is 16.4. The Labute approximate surface area is 219 Å². The molecule has 7 N–H and O–H groups in total. The largest absolute Gasteiger partial charge is 0.480 e. The van der Waals surface area contributed by atoms with Gasteiger partial charge in [0.05, 0.1) is 24.7 Å². The molecule has 9 nitrogen and oxygen atoms in total. The number of aliphatic carboxylic acids is 1. The van der Waals surface area contributed by atoms with Crippen molar-refractivity contribution >= 4 is 17.8 Å². The molecule has 0 saturated heterocycles. The molecule has 4 aliphatic rings. The van der Waals surface area contributed by atoms with Crippen LogP contribution in [-0.2, 0) is 14.4 Å². The van der Waals surface area contributed by atoms with E-state index in [0.29, 0.717) is 30.6 Å². The molecule has 0 bridgehead atoms. The Morgan fingerprint density at radius 1 is 0.946 bits per heavy atom. The topological polar surface area (TPSA) is 170 Å². The van der Waals surface area contributed by atoms with Crippen molar-refractivity contribution in [2.75, 3.05) is 0 Å². The normalized spacial score (nSPS) is 44.6. The molecular formula is C28H46N2O7. The van der Waals surface area contributed by atoms with Gasteiger partial charge in [0.15, 0.2) is 0 Å². The fraction of sp³-hybridized carbons (Fsp3) is 0.893. The maximum Gasteiger partial charge on any atom is 0.326 e. The Morgan fingerprint density at radius 2 is 1.59 bits per heavy atom. The molecular weight excluding hydrogens is 476 g/mol. The first-order chi connectivity index (χ1) is 17.3. The number of rotatable bonds is 8. The molecule has 0 aliphatic heterocycles. The fourth-order valence-corrected chi connectivity index (χ4v) is 9.44. The summed E-state index contributed by atoms with van der Waals surface area (Å²) in [7, 11) is 0. The molecule has 12 atom stereocenters. The Bertz CT molecular complexity index is 898. The van der Waals surface area contributed by atoms with Gasteiger partial charge in [-0.1, -0.05) is 20.8 Å². The van der Waals surface area contributed by atoms with Crippen LogP contribution in [-0.4, -0.2) is 62.6 Å². The van der Waals surface area contributed by atoms with Crippen molar-refractivity contribution in [3.05, 3.63) is 0 Å².